The van der Waals surface area contributed by atoms with Crippen molar-refractivity contribution in [3.63, 3.8) is 0 Å². The zero-order valence-electron chi connectivity index (χ0n) is 25.6. The highest BCUT2D eigenvalue weighted by Crippen LogP contribution is 2.30. The van der Waals surface area contributed by atoms with Crippen LogP contribution in [0.4, 0.5) is 4.79 Å². The van der Waals surface area contributed by atoms with E-state index in [1.165, 1.54) is 24.3 Å². The monoisotopic (exact) mass is 618 g/mol. The minimum Gasteiger partial charge on any atom is -0.445 e. The molecule has 230 valence electrons. The van der Waals surface area contributed by atoms with Gasteiger partial charge in [-0.25, -0.2) is 4.79 Å². The third-order valence-electron chi connectivity index (χ3n) is 6.60. The number of ether oxygens (including phenoxy) is 2. The Hall–Kier alpha value is -2.70. The molecule has 0 spiro atoms. The standard InChI is InChI=1S/C28H41ClN2O9S/c1-4-5-6-10-25(33)40-27(41(36,37)38)21(15-20-11-12-30-26(20)34)16-24(32)23(13-18(2)3)31-28(35)39-17-19-8-7-9-22(29)14-19/h7-9,14,18,20-21,23,27H,4-6,10-13,15-17H2,1-3H3,(H,30,34)(H,31,35)(H,36,37,38)/t20-,21+,23-,27?/m0/s1/i17D2. The lowest BCUT2D eigenvalue weighted by Gasteiger charge is -2.28. The molecule has 1 aromatic carbocycles. The average Bonchev–Trinajstić information content (AvgIpc) is 3.29. The van der Waals surface area contributed by atoms with Crippen molar-refractivity contribution in [3.05, 3.63) is 34.9 Å². The van der Waals surface area contributed by atoms with E-state index in [-0.39, 0.29) is 41.7 Å². The number of hydrogen-bond donors (Lipinski definition) is 3. The third kappa shape index (κ3) is 12.4. The van der Waals surface area contributed by atoms with E-state index in [1.54, 1.807) is 13.8 Å². The molecule has 0 radical (unpaired) electrons. The van der Waals surface area contributed by atoms with Crippen molar-refractivity contribution in [1.82, 2.24) is 10.6 Å². The first-order chi connectivity index (χ1) is 20.0. The summed E-state index contributed by atoms with van der Waals surface area (Å²) in [5.74, 6) is -4.04. The van der Waals surface area contributed by atoms with Crippen LogP contribution >= 0.6 is 11.6 Å². The van der Waals surface area contributed by atoms with E-state index >= 15 is 0 Å². The van der Waals surface area contributed by atoms with Gasteiger partial charge in [0.05, 0.1) is 8.78 Å². The summed E-state index contributed by atoms with van der Waals surface area (Å²) >= 11 is 5.93. The molecule has 2 amide bonds. The molecule has 0 saturated carbocycles. The van der Waals surface area contributed by atoms with E-state index in [9.17, 15) is 32.1 Å². The molecule has 1 aromatic rings. The summed E-state index contributed by atoms with van der Waals surface area (Å²) in [7, 11) is -5.02. The van der Waals surface area contributed by atoms with Crippen LogP contribution in [0.25, 0.3) is 0 Å². The first-order valence-electron chi connectivity index (χ1n) is 14.7. The van der Waals surface area contributed by atoms with Gasteiger partial charge >= 0.3 is 22.2 Å². The summed E-state index contributed by atoms with van der Waals surface area (Å²) in [5.41, 5.74) is -2.14. The number of hydrogen-bond acceptors (Lipinski definition) is 8. The normalized spacial score (nSPS) is 18.5. The smallest absolute Gasteiger partial charge is 0.408 e. The van der Waals surface area contributed by atoms with Crippen molar-refractivity contribution >= 4 is 45.5 Å². The van der Waals surface area contributed by atoms with E-state index in [0.717, 1.165) is 6.42 Å². The van der Waals surface area contributed by atoms with Crippen LogP contribution in [0, 0.1) is 17.8 Å². The number of nitrogens with one attached hydrogen (secondary N) is 2. The average molecular weight is 619 g/mol. The van der Waals surface area contributed by atoms with Crippen LogP contribution in [0.2, 0.25) is 5.02 Å². The summed E-state index contributed by atoms with van der Waals surface area (Å²) in [4.78, 5) is 51.2. The zero-order valence-corrected chi connectivity index (χ0v) is 25.1. The number of Topliss-reactive ketones (excluding diaryl/α,β-unsaturated/α-hetero) is 1. The molecule has 1 aliphatic rings. The van der Waals surface area contributed by atoms with Gasteiger partial charge in [-0.15, -0.1) is 0 Å². The first-order valence-corrected chi connectivity index (χ1v) is 15.6. The Morgan fingerprint density at radius 2 is 2.00 bits per heavy atom. The predicted octanol–water partition coefficient (Wildman–Crippen LogP) is 4.42. The molecule has 3 N–H and O–H groups in total. The number of halogens is 1. The molecule has 1 aliphatic heterocycles. The summed E-state index contributed by atoms with van der Waals surface area (Å²) in [5, 5.41) is 5.22. The summed E-state index contributed by atoms with van der Waals surface area (Å²) < 4.78 is 61.4. The fourth-order valence-electron chi connectivity index (χ4n) is 4.61. The number of unbranched alkanes of at least 4 members (excludes halogenated alkanes) is 2. The fraction of sp³-hybridized carbons (Fsp3) is 0.643. The Bertz CT molecular complexity index is 1250. The largest absolute Gasteiger partial charge is 0.445 e. The maximum absolute atomic E-state index is 13.6. The van der Waals surface area contributed by atoms with Crippen LogP contribution in [0.3, 0.4) is 0 Å². The Morgan fingerprint density at radius 1 is 1.27 bits per heavy atom. The highest BCUT2D eigenvalue weighted by Gasteiger charge is 2.41. The molecular formula is C28H41ClN2O9S. The minimum atomic E-state index is -5.02. The molecule has 0 aliphatic carbocycles. The Kier molecular flexibility index (Phi) is 12.7. The quantitative estimate of drug-likeness (QED) is 0.130. The number of carbonyl (C=O) groups excluding carboxylic acids is 4. The Labute approximate surface area is 249 Å². The molecule has 0 bridgehead atoms. The van der Waals surface area contributed by atoms with Gasteiger partial charge in [0.15, 0.2) is 5.78 Å². The number of esters is 1. The topological polar surface area (TPSA) is 165 Å². The lowest BCUT2D eigenvalue weighted by molar-refractivity contribution is -0.149. The maximum atomic E-state index is 13.6. The maximum Gasteiger partial charge on any atom is 0.408 e. The summed E-state index contributed by atoms with van der Waals surface area (Å²) in [6.07, 6.45) is 0.276. The van der Waals surface area contributed by atoms with Crippen molar-refractivity contribution in [2.75, 3.05) is 6.54 Å². The third-order valence-corrected chi connectivity index (χ3v) is 7.90. The van der Waals surface area contributed by atoms with Gasteiger partial charge in [-0.2, -0.15) is 8.42 Å². The van der Waals surface area contributed by atoms with Crippen LogP contribution in [0.5, 0.6) is 0 Å². The number of alkyl carbamates (subject to hydrolysis) is 1. The summed E-state index contributed by atoms with van der Waals surface area (Å²) in [6, 6.07) is 4.42. The SMILES string of the molecule is [2H]C([2H])(OC(=O)N[C@@H](CC(C)C)C(=O)C[C@@H](C[C@@H]1CCNC1=O)C(OC(=O)CCCCC)S(=O)(=O)O)c1cccc(Cl)c1. The minimum absolute atomic E-state index is 0.0338. The highest BCUT2D eigenvalue weighted by atomic mass is 35.5. The molecule has 1 unspecified atom stereocenters. The van der Waals surface area contributed by atoms with Gasteiger partial charge < -0.3 is 20.1 Å². The van der Waals surface area contributed by atoms with Gasteiger partial charge in [-0.3, -0.25) is 18.9 Å². The van der Waals surface area contributed by atoms with E-state index in [0.29, 0.717) is 25.8 Å². The van der Waals surface area contributed by atoms with Crippen LogP contribution in [0.15, 0.2) is 24.3 Å². The molecule has 1 fully saturated rings. The molecular weight excluding hydrogens is 576 g/mol. The molecule has 1 saturated heterocycles. The molecule has 1 heterocycles. The van der Waals surface area contributed by atoms with Gasteiger partial charge in [-0.1, -0.05) is 57.3 Å². The van der Waals surface area contributed by atoms with Crippen molar-refractivity contribution in [3.8, 4) is 0 Å². The van der Waals surface area contributed by atoms with Gasteiger partial charge in [0.1, 0.15) is 6.56 Å². The van der Waals surface area contributed by atoms with E-state index in [4.69, 9.17) is 23.8 Å². The van der Waals surface area contributed by atoms with E-state index in [2.05, 4.69) is 10.6 Å². The molecule has 13 heteroatoms. The Balaban J connectivity index is 2.29. The van der Waals surface area contributed by atoms with Gasteiger partial charge in [0.25, 0.3) is 0 Å². The van der Waals surface area contributed by atoms with Crippen molar-refractivity contribution in [1.29, 1.82) is 0 Å². The van der Waals surface area contributed by atoms with E-state index in [1.807, 2.05) is 6.92 Å². The number of carbonyl (C=O) groups is 4. The lowest BCUT2D eigenvalue weighted by Crippen LogP contribution is -2.45. The van der Waals surface area contributed by atoms with Crippen LogP contribution < -0.4 is 10.6 Å². The van der Waals surface area contributed by atoms with Gasteiger partial charge in [0.2, 0.25) is 11.3 Å². The zero-order chi connectivity index (χ0) is 32.4. The lowest BCUT2D eigenvalue weighted by atomic mass is 9.87. The van der Waals surface area contributed by atoms with E-state index < -0.39 is 64.3 Å². The molecule has 0 aromatic heterocycles. The van der Waals surface area contributed by atoms with Gasteiger partial charge in [-0.05, 0) is 49.3 Å². The van der Waals surface area contributed by atoms with Crippen molar-refractivity contribution in [2.24, 2.45) is 17.8 Å². The second-order valence-electron chi connectivity index (χ2n) is 10.6. The van der Waals surface area contributed by atoms with Crippen LogP contribution in [0.1, 0.15) is 80.4 Å². The van der Waals surface area contributed by atoms with Crippen LogP contribution in [-0.4, -0.2) is 54.7 Å². The Morgan fingerprint density at radius 3 is 2.59 bits per heavy atom. The number of amides is 2. The first kappa shape index (κ1) is 31.2. The highest BCUT2D eigenvalue weighted by molar-refractivity contribution is 7.86. The number of ketones is 1. The molecule has 4 atom stereocenters. The second-order valence-corrected chi connectivity index (χ2v) is 12.5. The van der Waals surface area contributed by atoms with Crippen LogP contribution in [-0.2, 0) is 40.5 Å². The van der Waals surface area contributed by atoms with Crippen molar-refractivity contribution < 1.29 is 44.4 Å². The molecule has 41 heavy (non-hydrogen) atoms. The van der Waals surface area contributed by atoms with Crippen molar-refractivity contribution in [2.45, 2.75) is 90.2 Å². The molecule has 2 rings (SSSR count). The molecule has 11 nitrogen and oxygen atoms in total. The summed E-state index contributed by atoms with van der Waals surface area (Å²) in [6.45, 7) is 3.22. The predicted molar refractivity (Wildman–Crippen MR) is 152 cm³/mol. The number of rotatable bonds is 17. The second kappa shape index (κ2) is 16.7. The van der Waals surface area contributed by atoms with Gasteiger partial charge in [0, 0.05) is 36.2 Å². The number of benzene rings is 1. The fourth-order valence-corrected chi connectivity index (χ4v) is 5.72.